The van der Waals surface area contributed by atoms with Crippen LogP contribution in [0.3, 0.4) is 0 Å². The zero-order chi connectivity index (χ0) is 11.8. The summed E-state index contributed by atoms with van der Waals surface area (Å²) in [6, 6.07) is 0. The molecule has 0 saturated heterocycles. The van der Waals surface area contributed by atoms with E-state index in [4.69, 9.17) is 5.73 Å². The molecule has 3 heterocycles. The van der Waals surface area contributed by atoms with Gasteiger partial charge in [0.2, 0.25) is 0 Å². The van der Waals surface area contributed by atoms with Crippen LogP contribution in [0.15, 0.2) is 26.3 Å². The van der Waals surface area contributed by atoms with Crippen LogP contribution in [0, 0.1) is 6.92 Å². The van der Waals surface area contributed by atoms with Crippen LogP contribution in [0.5, 0.6) is 0 Å². The molecule has 3 aromatic heterocycles. The predicted molar refractivity (Wildman–Crippen MR) is 71.9 cm³/mol. The molecule has 0 aliphatic heterocycles. The van der Waals surface area contributed by atoms with Crippen molar-refractivity contribution in [3.63, 3.8) is 0 Å². The van der Waals surface area contributed by atoms with E-state index in [1.807, 2.05) is 28.3 Å². The number of fused-ring (bicyclic) bond motifs is 1. The molecule has 0 bridgehead atoms. The van der Waals surface area contributed by atoms with Gasteiger partial charge in [-0.15, -0.1) is 22.7 Å². The second-order valence-corrected chi connectivity index (χ2v) is 6.45. The minimum atomic E-state index is 0.491. The molecule has 0 spiro atoms. The summed E-state index contributed by atoms with van der Waals surface area (Å²) in [7, 11) is 0. The summed E-state index contributed by atoms with van der Waals surface area (Å²) in [5.74, 6) is 0. The van der Waals surface area contributed by atoms with E-state index in [0.717, 1.165) is 25.7 Å². The van der Waals surface area contributed by atoms with Crippen molar-refractivity contribution in [3.8, 4) is 0 Å². The van der Waals surface area contributed by atoms with Crippen molar-refractivity contribution >= 4 is 39.4 Å². The average Bonchev–Trinajstić information content (AvgIpc) is 2.95. The maximum absolute atomic E-state index is 5.79. The van der Waals surface area contributed by atoms with Gasteiger partial charge in [0.05, 0.1) is 5.69 Å². The Morgan fingerprint density at radius 2 is 2.29 bits per heavy atom. The first-order valence-electron chi connectivity index (χ1n) is 5.02. The third-order valence-corrected chi connectivity index (χ3v) is 5.13. The predicted octanol–water partition coefficient (Wildman–Crippen LogP) is 2.77. The Bertz CT molecular complexity index is 651. The highest BCUT2D eigenvalue weighted by atomic mass is 32.2. The maximum atomic E-state index is 5.79. The van der Waals surface area contributed by atoms with Crippen molar-refractivity contribution in [1.82, 2.24) is 14.4 Å². The molecule has 0 unspecified atom stereocenters. The first kappa shape index (κ1) is 11.2. The molecule has 0 saturated carbocycles. The fraction of sp³-hybridized carbons (Fsp3) is 0.200. The van der Waals surface area contributed by atoms with E-state index in [0.29, 0.717) is 6.54 Å². The van der Waals surface area contributed by atoms with E-state index < -0.39 is 0 Å². The lowest BCUT2D eigenvalue weighted by Gasteiger charge is -1.97. The smallest absolute Gasteiger partial charge is 0.194 e. The van der Waals surface area contributed by atoms with Crippen LogP contribution < -0.4 is 5.73 Å². The van der Waals surface area contributed by atoms with Crippen LogP contribution in [0.4, 0.5) is 0 Å². The number of imidazole rings is 1. The third kappa shape index (κ3) is 1.99. The Hall–Kier alpha value is -0.890. The van der Waals surface area contributed by atoms with Gasteiger partial charge in [-0.1, -0.05) is 0 Å². The molecule has 3 rings (SSSR count). The molecule has 4 nitrogen and oxygen atoms in total. The number of nitrogens with two attached hydrogens (primary N) is 1. The summed E-state index contributed by atoms with van der Waals surface area (Å²) in [5.41, 5.74) is 7.90. The van der Waals surface area contributed by atoms with Crippen molar-refractivity contribution in [2.75, 3.05) is 0 Å². The molecule has 7 heteroatoms. The van der Waals surface area contributed by atoms with Crippen LogP contribution in [0.2, 0.25) is 0 Å². The number of aryl methyl sites for hydroxylation is 1. The molecule has 0 aliphatic rings. The van der Waals surface area contributed by atoms with Gasteiger partial charge < -0.3 is 5.73 Å². The van der Waals surface area contributed by atoms with Gasteiger partial charge in [-0.3, -0.25) is 4.40 Å². The third-order valence-electron chi connectivity index (χ3n) is 2.30. The van der Waals surface area contributed by atoms with Crippen molar-refractivity contribution in [2.45, 2.75) is 22.8 Å². The number of aromatic nitrogens is 3. The van der Waals surface area contributed by atoms with Crippen LogP contribution in [-0.2, 0) is 6.54 Å². The van der Waals surface area contributed by atoms with E-state index in [-0.39, 0.29) is 0 Å². The standard InChI is InChI=1S/C10H10N4S3/c1-6-5-16-10(12-6)17-8-7(4-11)14-2-3-15-9(14)13-8/h2-3,5H,4,11H2,1H3. The maximum Gasteiger partial charge on any atom is 0.194 e. The summed E-state index contributed by atoms with van der Waals surface area (Å²) in [5, 5.41) is 5.03. The van der Waals surface area contributed by atoms with Gasteiger partial charge in [-0.05, 0) is 18.7 Å². The van der Waals surface area contributed by atoms with Crippen LogP contribution in [0.25, 0.3) is 4.96 Å². The molecule has 0 amide bonds. The Balaban J connectivity index is 2.01. The summed E-state index contributed by atoms with van der Waals surface area (Å²) >= 11 is 4.85. The highest BCUT2D eigenvalue weighted by molar-refractivity contribution is 8.01. The van der Waals surface area contributed by atoms with E-state index >= 15 is 0 Å². The van der Waals surface area contributed by atoms with E-state index in [1.165, 1.54) is 0 Å². The van der Waals surface area contributed by atoms with E-state index in [1.54, 1.807) is 34.4 Å². The van der Waals surface area contributed by atoms with Crippen molar-refractivity contribution in [1.29, 1.82) is 0 Å². The monoisotopic (exact) mass is 282 g/mol. The van der Waals surface area contributed by atoms with E-state index in [9.17, 15) is 0 Å². The van der Waals surface area contributed by atoms with Crippen molar-refractivity contribution < 1.29 is 0 Å². The molecule has 3 aromatic rings. The molecular formula is C10H10N4S3. The average molecular weight is 282 g/mol. The van der Waals surface area contributed by atoms with Gasteiger partial charge >= 0.3 is 0 Å². The summed E-state index contributed by atoms with van der Waals surface area (Å²) in [6.07, 6.45) is 2.01. The minimum Gasteiger partial charge on any atom is -0.325 e. The topological polar surface area (TPSA) is 56.2 Å². The molecule has 0 fully saturated rings. The van der Waals surface area contributed by atoms with Gasteiger partial charge in [0.25, 0.3) is 0 Å². The Kier molecular flexibility index (Phi) is 2.91. The fourth-order valence-electron chi connectivity index (χ4n) is 1.54. The Morgan fingerprint density at radius 1 is 1.41 bits per heavy atom. The highest BCUT2D eigenvalue weighted by Crippen LogP contribution is 2.33. The molecule has 2 N–H and O–H groups in total. The lowest BCUT2D eigenvalue weighted by atomic mass is 10.5. The minimum absolute atomic E-state index is 0.491. The first-order valence-corrected chi connectivity index (χ1v) is 7.60. The number of thiazole rings is 2. The number of rotatable bonds is 3. The SMILES string of the molecule is Cc1csc(Sc2nc3sccn3c2CN)n1. The molecule has 0 atom stereocenters. The van der Waals surface area contributed by atoms with Crippen LogP contribution in [0.1, 0.15) is 11.4 Å². The quantitative estimate of drug-likeness (QED) is 0.802. The molecule has 0 radical (unpaired) electrons. The summed E-state index contributed by atoms with van der Waals surface area (Å²) in [6.45, 7) is 2.49. The molecule has 0 aliphatic carbocycles. The van der Waals surface area contributed by atoms with Gasteiger partial charge in [0, 0.05) is 29.2 Å². The Labute approximate surface area is 111 Å². The number of hydrogen-bond donors (Lipinski definition) is 1. The fourth-order valence-corrected chi connectivity index (χ4v) is 4.21. The first-order chi connectivity index (χ1) is 8.28. The lowest BCUT2D eigenvalue weighted by molar-refractivity contribution is 0.924. The second-order valence-electron chi connectivity index (χ2n) is 3.48. The van der Waals surface area contributed by atoms with Crippen LogP contribution in [-0.4, -0.2) is 14.4 Å². The highest BCUT2D eigenvalue weighted by Gasteiger charge is 2.14. The molecular weight excluding hydrogens is 272 g/mol. The van der Waals surface area contributed by atoms with Gasteiger partial charge in [0.15, 0.2) is 9.30 Å². The number of nitrogens with zero attached hydrogens (tertiary/aromatic N) is 3. The molecule has 0 aromatic carbocycles. The molecule has 17 heavy (non-hydrogen) atoms. The van der Waals surface area contributed by atoms with Gasteiger partial charge in [0.1, 0.15) is 5.03 Å². The number of hydrogen-bond acceptors (Lipinski definition) is 6. The summed E-state index contributed by atoms with van der Waals surface area (Å²) in [4.78, 5) is 10.00. The molecule has 88 valence electrons. The zero-order valence-corrected chi connectivity index (χ0v) is 11.5. The lowest BCUT2D eigenvalue weighted by Crippen LogP contribution is -2.00. The summed E-state index contributed by atoms with van der Waals surface area (Å²) < 4.78 is 3.07. The van der Waals surface area contributed by atoms with Gasteiger partial charge in [-0.2, -0.15) is 0 Å². The largest absolute Gasteiger partial charge is 0.325 e. The van der Waals surface area contributed by atoms with E-state index in [2.05, 4.69) is 9.97 Å². The Morgan fingerprint density at radius 3 is 3.00 bits per heavy atom. The normalized spacial score (nSPS) is 11.4. The van der Waals surface area contributed by atoms with Crippen LogP contribution >= 0.6 is 34.4 Å². The zero-order valence-electron chi connectivity index (χ0n) is 9.08. The van der Waals surface area contributed by atoms with Crippen molar-refractivity contribution in [3.05, 3.63) is 28.3 Å². The second kappa shape index (κ2) is 4.41. The van der Waals surface area contributed by atoms with Gasteiger partial charge in [-0.25, -0.2) is 9.97 Å². The van der Waals surface area contributed by atoms with Crippen molar-refractivity contribution in [2.24, 2.45) is 5.73 Å².